The molecule has 2 saturated heterocycles. The van der Waals surface area contributed by atoms with Gasteiger partial charge in [-0.25, -0.2) is 14.1 Å². The summed E-state index contributed by atoms with van der Waals surface area (Å²) in [6, 6.07) is 20.6. The van der Waals surface area contributed by atoms with Crippen LogP contribution in [0.2, 0.25) is 0 Å². The lowest BCUT2D eigenvalue weighted by Gasteiger charge is -2.37. The SMILES string of the molecule is CCc1nc2c(cnn2CC)c(NC2CCOCC2)c1CN(Cc1ccc(F)c(-c2cccc(CN3C[C@H](C)NC[C@H]3C)c2)c1)C(=O)c1cccc(C(N)=O)c1. The van der Waals surface area contributed by atoms with Gasteiger partial charge in [-0.2, -0.15) is 5.10 Å². The number of ether oxygens (including phenoxy) is 1. The van der Waals surface area contributed by atoms with E-state index in [2.05, 4.69) is 53.5 Å². The van der Waals surface area contributed by atoms with E-state index < -0.39 is 5.91 Å². The van der Waals surface area contributed by atoms with Crippen molar-refractivity contribution in [1.82, 2.24) is 29.9 Å². The molecule has 2 aromatic heterocycles. The van der Waals surface area contributed by atoms with Gasteiger partial charge in [-0.3, -0.25) is 14.5 Å². The summed E-state index contributed by atoms with van der Waals surface area (Å²) in [6.07, 6.45) is 4.18. The number of halogens is 1. The Hall–Kier alpha value is -5.17. The lowest BCUT2D eigenvalue weighted by Crippen LogP contribution is -2.53. The average molecular weight is 761 g/mol. The van der Waals surface area contributed by atoms with E-state index in [4.69, 9.17) is 15.5 Å². The summed E-state index contributed by atoms with van der Waals surface area (Å²) in [5.74, 6) is -1.24. The molecule has 5 aromatic rings. The Morgan fingerprint density at radius 1 is 1.00 bits per heavy atom. The third-order valence-electron chi connectivity index (χ3n) is 11.1. The molecule has 2 atom stereocenters. The summed E-state index contributed by atoms with van der Waals surface area (Å²) in [6.45, 7) is 13.6. The molecule has 2 amide bonds. The normalized spacial score (nSPS) is 17.9. The number of benzene rings is 3. The number of hydrogen-bond acceptors (Lipinski definition) is 8. The topological polar surface area (TPSA) is 131 Å². The molecule has 4 heterocycles. The second kappa shape index (κ2) is 17.3. The number of nitrogens with two attached hydrogens (primary N) is 1. The smallest absolute Gasteiger partial charge is 0.254 e. The quantitative estimate of drug-likeness (QED) is 0.124. The Morgan fingerprint density at radius 2 is 1.79 bits per heavy atom. The number of fused-ring (bicyclic) bond motifs is 1. The number of piperazine rings is 1. The Labute approximate surface area is 328 Å². The van der Waals surface area contributed by atoms with Crippen molar-refractivity contribution in [3.8, 4) is 11.1 Å². The van der Waals surface area contributed by atoms with E-state index in [1.54, 1.807) is 29.2 Å². The van der Waals surface area contributed by atoms with Crippen molar-refractivity contribution in [2.24, 2.45) is 5.73 Å². The summed E-state index contributed by atoms with van der Waals surface area (Å²) >= 11 is 0. The highest BCUT2D eigenvalue weighted by Crippen LogP contribution is 2.34. The van der Waals surface area contributed by atoms with Gasteiger partial charge in [-0.15, -0.1) is 0 Å². The van der Waals surface area contributed by atoms with Gasteiger partial charge in [0.25, 0.3) is 5.91 Å². The van der Waals surface area contributed by atoms with Crippen LogP contribution in [0.4, 0.5) is 10.1 Å². The zero-order valence-corrected chi connectivity index (χ0v) is 32.9. The molecule has 2 aliphatic rings. The van der Waals surface area contributed by atoms with E-state index >= 15 is 4.39 Å². The number of aromatic nitrogens is 3. The molecular weight excluding hydrogens is 708 g/mol. The lowest BCUT2D eigenvalue weighted by atomic mass is 9.99. The van der Waals surface area contributed by atoms with Crippen molar-refractivity contribution in [2.75, 3.05) is 31.6 Å². The van der Waals surface area contributed by atoms with Crippen LogP contribution in [-0.2, 0) is 37.3 Å². The van der Waals surface area contributed by atoms with Gasteiger partial charge in [-0.05, 0) is 93.1 Å². The van der Waals surface area contributed by atoms with Crippen molar-refractivity contribution in [3.05, 3.63) is 112 Å². The first-order chi connectivity index (χ1) is 27.1. The predicted octanol–water partition coefficient (Wildman–Crippen LogP) is 6.53. The molecule has 294 valence electrons. The molecule has 12 heteroatoms. The van der Waals surface area contributed by atoms with Gasteiger partial charge in [0.2, 0.25) is 5.91 Å². The summed E-state index contributed by atoms with van der Waals surface area (Å²) in [7, 11) is 0. The maximum atomic E-state index is 15.8. The average Bonchev–Trinajstić information content (AvgIpc) is 3.63. The van der Waals surface area contributed by atoms with Crippen molar-refractivity contribution in [2.45, 2.75) is 91.3 Å². The number of pyridine rings is 1. The first-order valence-corrected chi connectivity index (χ1v) is 19.9. The molecule has 4 N–H and O–H groups in total. The molecule has 0 unspecified atom stereocenters. The van der Waals surface area contributed by atoms with Gasteiger partial charge in [-0.1, -0.05) is 37.3 Å². The standard InChI is InChI=1S/C44H53FN8O3/c1-5-40-38(41(49-35-15-17-56-18-16-35)37-23-48-53(6-2)43(37)50-40)27-52(44(55)34-12-8-11-33(21-34)42(46)54)26-31-13-14-39(45)36(20-31)32-10-7-9-30(19-32)25-51-24-28(3)47-22-29(51)4/h7-14,19-21,23,28-29,35,47H,5-6,15-18,22,24-27H2,1-4H3,(H2,46,54)(H,49,50)/t28-,29+/m0/s1. The molecule has 3 aromatic carbocycles. The predicted molar refractivity (Wildman–Crippen MR) is 218 cm³/mol. The Bertz CT molecular complexity index is 2200. The fraction of sp³-hybridized carbons (Fsp3) is 0.409. The number of nitrogens with zero attached hydrogens (tertiary/aromatic N) is 5. The van der Waals surface area contributed by atoms with Gasteiger partial charge in [0.1, 0.15) is 5.82 Å². The number of anilines is 1. The number of nitrogens with one attached hydrogen (secondary N) is 2. The van der Waals surface area contributed by atoms with Gasteiger partial charge in [0, 0.05) is 92.0 Å². The third-order valence-corrected chi connectivity index (χ3v) is 11.1. The largest absolute Gasteiger partial charge is 0.381 e. The van der Waals surface area contributed by atoms with Crippen molar-refractivity contribution >= 4 is 28.5 Å². The molecule has 0 bridgehead atoms. The number of rotatable bonds is 13. The van der Waals surface area contributed by atoms with Crippen LogP contribution in [0.25, 0.3) is 22.2 Å². The number of carbonyl (C=O) groups excluding carboxylic acids is 2. The van der Waals surface area contributed by atoms with E-state index in [0.717, 1.165) is 77.1 Å². The maximum absolute atomic E-state index is 15.8. The number of hydrogen-bond donors (Lipinski definition) is 3. The van der Waals surface area contributed by atoms with Crippen LogP contribution in [0.3, 0.4) is 0 Å². The van der Waals surface area contributed by atoms with Gasteiger partial charge >= 0.3 is 0 Å². The number of primary amides is 1. The first-order valence-electron chi connectivity index (χ1n) is 19.9. The molecule has 11 nitrogen and oxygen atoms in total. The van der Waals surface area contributed by atoms with Crippen LogP contribution in [0.5, 0.6) is 0 Å². The summed E-state index contributed by atoms with van der Waals surface area (Å²) in [5, 5.41) is 12.9. The molecule has 0 spiro atoms. The van der Waals surface area contributed by atoms with E-state index in [1.165, 1.54) is 12.1 Å². The van der Waals surface area contributed by atoms with E-state index in [1.807, 2.05) is 36.0 Å². The van der Waals surface area contributed by atoms with Gasteiger partial charge in [0.15, 0.2) is 5.65 Å². The van der Waals surface area contributed by atoms with E-state index in [9.17, 15) is 9.59 Å². The second-order valence-electron chi connectivity index (χ2n) is 15.2. The Kier molecular flexibility index (Phi) is 12.1. The van der Waals surface area contributed by atoms with Crippen molar-refractivity contribution < 1.29 is 18.7 Å². The summed E-state index contributed by atoms with van der Waals surface area (Å²) in [4.78, 5) is 36.2. The molecule has 2 aliphatic heterocycles. The van der Waals surface area contributed by atoms with E-state index in [0.29, 0.717) is 49.4 Å². The lowest BCUT2D eigenvalue weighted by molar-refractivity contribution is 0.0729. The summed E-state index contributed by atoms with van der Waals surface area (Å²) in [5.41, 5.74) is 12.8. The molecule has 7 rings (SSSR count). The van der Waals surface area contributed by atoms with Crippen LogP contribution in [0.15, 0.2) is 72.9 Å². The fourth-order valence-corrected chi connectivity index (χ4v) is 7.96. The van der Waals surface area contributed by atoms with Crippen LogP contribution in [0, 0.1) is 5.82 Å². The maximum Gasteiger partial charge on any atom is 0.254 e. The Morgan fingerprint density at radius 3 is 2.55 bits per heavy atom. The highest BCUT2D eigenvalue weighted by atomic mass is 19.1. The van der Waals surface area contributed by atoms with Gasteiger partial charge < -0.3 is 26.0 Å². The van der Waals surface area contributed by atoms with Crippen LogP contribution in [0.1, 0.15) is 83.6 Å². The highest BCUT2D eigenvalue weighted by Gasteiger charge is 2.27. The first kappa shape index (κ1) is 39.1. The van der Waals surface area contributed by atoms with Crippen LogP contribution in [-0.4, -0.2) is 80.8 Å². The van der Waals surface area contributed by atoms with Crippen molar-refractivity contribution in [3.63, 3.8) is 0 Å². The number of aryl methyl sites for hydroxylation is 2. The molecule has 0 radical (unpaired) electrons. The van der Waals surface area contributed by atoms with E-state index in [-0.39, 0.29) is 36.4 Å². The zero-order chi connectivity index (χ0) is 39.3. The fourth-order valence-electron chi connectivity index (χ4n) is 7.96. The minimum Gasteiger partial charge on any atom is -0.381 e. The highest BCUT2D eigenvalue weighted by molar-refractivity contribution is 5.99. The molecule has 2 fully saturated rings. The van der Waals surface area contributed by atoms with Crippen LogP contribution >= 0.6 is 0 Å². The molecule has 0 saturated carbocycles. The monoisotopic (exact) mass is 760 g/mol. The number of amides is 2. The minimum absolute atomic E-state index is 0.174. The molecular formula is C44H53FN8O3. The third kappa shape index (κ3) is 8.62. The van der Waals surface area contributed by atoms with Crippen molar-refractivity contribution in [1.29, 1.82) is 0 Å². The zero-order valence-electron chi connectivity index (χ0n) is 32.9. The summed E-state index contributed by atoms with van der Waals surface area (Å²) < 4.78 is 23.3. The van der Waals surface area contributed by atoms with Gasteiger partial charge in [0.05, 0.1) is 23.8 Å². The number of carbonyl (C=O) groups is 2. The Balaban J connectivity index is 1.27. The molecule has 56 heavy (non-hydrogen) atoms. The molecule has 0 aliphatic carbocycles. The second-order valence-corrected chi connectivity index (χ2v) is 15.2. The van der Waals surface area contributed by atoms with Crippen LogP contribution < -0.4 is 16.4 Å². The minimum atomic E-state index is -0.615.